The first-order chi connectivity index (χ1) is 16.0. The molecule has 8 nitrogen and oxygen atoms in total. The Morgan fingerprint density at radius 1 is 1.18 bits per heavy atom. The lowest BCUT2D eigenvalue weighted by molar-refractivity contribution is -0.132. The van der Waals surface area contributed by atoms with Crippen molar-refractivity contribution in [3.63, 3.8) is 0 Å². The summed E-state index contributed by atoms with van der Waals surface area (Å²) in [7, 11) is -2.47. The standard InChI is InChI=1S/C25H33N3O5S/c1-18(2)13-14-26-24(30)25(4)17-27(34(31,32)22-11-9-19(3)10-12-22)16-23(29)28(25)20-7-6-8-21(15-20)33-5/h6-12,15,18H,13-14,16-17H2,1-5H3,(H,26,30)/t25-/m1/s1. The maximum Gasteiger partial charge on any atom is 0.247 e. The molecule has 1 aliphatic rings. The zero-order valence-electron chi connectivity index (χ0n) is 20.4. The molecule has 1 N–H and O–H groups in total. The van der Waals surface area contributed by atoms with Crippen molar-refractivity contribution in [2.75, 3.05) is 31.6 Å². The van der Waals surface area contributed by atoms with Crippen molar-refractivity contribution in [2.24, 2.45) is 5.92 Å². The predicted octanol–water partition coefficient (Wildman–Crippen LogP) is 2.96. The SMILES string of the molecule is COc1cccc(N2C(=O)CN(S(=O)(=O)c3ccc(C)cc3)C[C@]2(C)C(=O)NCCC(C)C)c1. The first-order valence-electron chi connectivity index (χ1n) is 11.3. The average molecular weight is 488 g/mol. The molecule has 1 atom stereocenters. The van der Waals surface area contributed by atoms with Crippen LogP contribution in [-0.2, 0) is 19.6 Å². The fourth-order valence-electron chi connectivity index (χ4n) is 4.01. The van der Waals surface area contributed by atoms with Crippen LogP contribution in [0.15, 0.2) is 53.4 Å². The molecule has 0 radical (unpaired) electrons. The lowest BCUT2D eigenvalue weighted by atomic mass is 9.94. The number of amides is 2. The van der Waals surface area contributed by atoms with Gasteiger partial charge in [-0.05, 0) is 50.5 Å². The zero-order chi connectivity index (χ0) is 25.1. The van der Waals surface area contributed by atoms with Crippen molar-refractivity contribution in [3.8, 4) is 5.75 Å². The lowest BCUT2D eigenvalue weighted by Crippen LogP contribution is -2.70. The Hall–Kier alpha value is -2.91. The van der Waals surface area contributed by atoms with Gasteiger partial charge in [-0.1, -0.05) is 37.6 Å². The van der Waals surface area contributed by atoms with Crippen LogP contribution in [0.3, 0.4) is 0 Å². The molecule has 0 aliphatic carbocycles. The highest BCUT2D eigenvalue weighted by Crippen LogP contribution is 2.33. The lowest BCUT2D eigenvalue weighted by Gasteiger charge is -2.46. The Kier molecular flexibility index (Phi) is 7.67. The van der Waals surface area contributed by atoms with Crippen LogP contribution in [-0.4, -0.2) is 56.8 Å². The highest BCUT2D eigenvalue weighted by Gasteiger charge is 2.51. The van der Waals surface area contributed by atoms with E-state index in [1.54, 1.807) is 43.3 Å². The van der Waals surface area contributed by atoms with Crippen LogP contribution in [0.25, 0.3) is 0 Å². The summed E-state index contributed by atoms with van der Waals surface area (Å²) in [6.07, 6.45) is 0.764. The van der Waals surface area contributed by atoms with Gasteiger partial charge in [0.1, 0.15) is 11.3 Å². The van der Waals surface area contributed by atoms with Crippen LogP contribution in [0.4, 0.5) is 5.69 Å². The van der Waals surface area contributed by atoms with Crippen LogP contribution in [0.1, 0.15) is 32.8 Å². The van der Waals surface area contributed by atoms with Crippen molar-refractivity contribution in [1.29, 1.82) is 0 Å². The molecular formula is C25H33N3O5S. The molecule has 0 saturated carbocycles. The molecule has 0 bridgehead atoms. The second kappa shape index (κ2) is 10.1. The third kappa shape index (κ3) is 5.26. The fourth-order valence-corrected chi connectivity index (χ4v) is 5.49. The van der Waals surface area contributed by atoms with Gasteiger partial charge in [0.15, 0.2) is 0 Å². The Labute approximate surface area is 201 Å². The molecular weight excluding hydrogens is 454 g/mol. The number of piperazine rings is 1. The zero-order valence-corrected chi connectivity index (χ0v) is 21.2. The molecule has 0 aromatic heterocycles. The molecule has 184 valence electrons. The first-order valence-corrected chi connectivity index (χ1v) is 12.8. The summed E-state index contributed by atoms with van der Waals surface area (Å²) < 4.78 is 33.2. The molecule has 9 heteroatoms. The average Bonchev–Trinajstić information content (AvgIpc) is 2.78. The Morgan fingerprint density at radius 3 is 2.47 bits per heavy atom. The van der Waals surface area contributed by atoms with Gasteiger partial charge in [0, 0.05) is 24.8 Å². The number of rotatable bonds is 8. The highest BCUT2D eigenvalue weighted by atomic mass is 32.2. The number of anilines is 1. The molecule has 1 fully saturated rings. The third-order valence-electron chi connectivity index (χ3n) is 6.01. The second-order valence-corrected chi connectivity index (χ2v) is 11.2. The van der Waals surface area contributed by atoms with Gasteiger partial charge in [0.2, 0.25) is 21.8 Å². The van der Waals surface area contributed by atoms with E-state index in [9.17, 15) is 18.0 Å². The quantitative estimate of drug-likeness (QED) is 0.618. The van der Waals surface area contributed by atoms with E-state index in [0.29, 0.717) is 23.9 Å². The van der Waals surface area contributed by atoms with Crippen LogP contribution in [0, 0.1) is 12.8 Å². The van der Waals surface area contributed by atoms with E-state index in [-0.39, 0.29) is 18.0 Å². The van der Waals surface area contributed by atoms with Crippen LogP contribution in [0.5, 0.6) is 5.75 Å². The van der Waals surface area contributed by atoms with Crippen LogP contribution in [0.2, 0.25) is 0 Å². The number of nitrogens with one attached hydrogen (secondary N) is 1. The van der Waals surface area contributed by atoms with E-state index in [0.717, 1.165) is 16.3 Å². The topological polar surface area (TPSA) is 96.0 Å². The molecule has 2 amide bonds. The highest BCUT2D eigenvalue weighted by molar-refractivity contribution is 7.89. The largest absolute Gasteiger partial charge is 0.497 e. The van der Waals surface area contributed by atoms with E-state index in [2.05, 4.69) is 19.2 Å². The summed E-state index contributed by atoms with van der Waals surface area (Å²) in [4.78, 5) is 28.4. The Morgan fingerprint density at radius 2 is 1.85 bits per heavy atom. The van der Waals surface area contributed by atoms with Crippen molar-refractivity contribution >= 4 is 27.5 Å². The summed E-state index contributed by atoms with van der Waals surface area (Å²) in [5.74, 6) is 0.0152. The number of methoxy groups -OCH3 is 1. The van der Waals surface area contributed by atoms with Crippen molar-refractivity contribution in [1.82, 2.24) is 9.62 Å². The molecule has 0 unspecified atom stereocenters. The van der Waals surface area contributed by atoms with Gasteiger partial charge >= 0.3 is 0 Å². The monoisotopic (exact) mass is 487 g/mol. The van der Waals surface area contributed by atoms with E-state index in [4.69, 9.17) is 4.74 Å². The van der Waals surface area contributed by atoms with E-state index in [1.165, 1.54) is 24.1 Å². The van der Waals surface area contributed by atoms with Crippen LogP contribution < -0.4 is 15.0 Å². The van der Waals surface area contributed by atoms with Crippen LogP contribution >= 0.6 is 0 Å². The molecule has 2 aromatic carbocycles. The molecule has 1 heterocycles. The first kappa shape index (κ1) is 25.7. The van der Waals surface area contributed by atoms with Gasteiger partial charge in [-0.2, -0.15) is 4.31 Å². The number of carbonyl (C=O) groups is 2. The molecule has 34 heavy (non-hydrogen) atoms. The van der Waals surface area contributed by atoms with Crippen molar-refractivity contribution < 1.29 is 22.7 Å². The Balaban J connectivity index is 2.02. The maximum atomic E-state index is 13.5. The number of hydrogen-bond donors (Lipinski definition) is 1. The second-order valence-electron chi connectivity index (χ2n) is 9.23. The normalized spacial score (nSPS) is 19.4. The number of hydrogen-bond acceptors (Lipinski definition) is 5. The van der Waals surface area contributed by atoms with Crippen molar-refractivity contribution in [3.05, 3.63) is 54.1 Å². The van der Waals surface area contributed by atoms with Gasteiger partial charge in [-0.15, -0.1) is 0 Å². The Bertz CT molecular complexity index is 1150. The summed E-state index contributed by atoms with van der Waals surface area (Å²) in [5, 5.41) is 2.91. The van der Waals surface area contributed by atoms with E-state index < -0.39 is 27.4 Å². The predicted molar refractivity (Wildman–Crippen MR) is 131 cm³/mol. The molecule has 1 aliphatic heterocycles. The van der Waals surface area contributed by atoms with Gasteiger partial charge in [0.05, 0.1) is 18.6 Å². The molecule has 1 saturated heterocycles. The summed E-state index contributed by atoms with van der Waals surface area (Å²) in [5.41, 5.74) is -0.0679. The molecule has 2 aromatic rings. The number of nitrogens with zero attached hydrogens (tertiary/aromatic N) is 2. The van der Waals surface area contributed by atoms with Gasteiger partial charge in [-0.25, -0.2) is 8.42 Å². The van der Waals surface area contributed by atoms with E-state index >= 15 is 0 Å². The third-order valence-corrected chi connectivity index (χ3v) is 7.81. The van der Waals surface area contributed by atoms with Gasteiger partial charge in [0.25, 0.3) is 0 Å². The minimum absolute atomic E-state index is 0.0864. The number of carbonyl (C=O) groups excluding carboxylic acids is 2. The summed E-state index contributed by atoms with van der Waals surface area (Å²) in [6.45, 7) is 7.45. The minimum atomic E-state index is -3.99. The minimum Gasteiger partial charge on any atom is -0.497 e. The molecule has 0 spiro atoms. The molecule has 3 rings (SSSR count). The van der Waals surface area contributed by atoms with Gasteiger partial charge in [-0.3, -0.25) is 14.5 Å². The van der Waals surface area contributed by atoms with Gasteiger partial charge < -0.3 is 10.1 Å². The van der Waals surface area contributed by atoms with E-state index in [1.807, 2.05) is 6.92 Å². The number of ether oxygens (including phenoxy) is 1. The number of aryl methyl sites for hydroxylation is 1. The smallest absolute Gasteiger partial charge is 0.247 e. The summed E-state index contributed by atoms with van der Waals surface area (Å²) in [6, 6.07) is 13.3. The van der Waals surface area contributed by atoms with Crippen molar-refractivity contribution in [2.45, 2.75) is 44.6 Å². The number of sulfonamides is 1. The summed E-state index contributed by atoms with van der Waals surface area (Å²) >= 11 is 0. The fraction of sp³-hybridized carbons (Fsp3) is 0.440. The maximum absolute atomic E-state index is 13.5. The number of benzene rings is 2.